The molecule has 1 aliphatic rings. The van der Waals surface area contributed by atoms with E-state index in [1.807, 2.05) is 28.0 Å². The van der Waals surface area contributed by atoms with E-state index in [2.05, 4.69) is 24.9 Å². The van der Waals surface area contributed by atoms with E-state index in [0.717, 1.165) is 31.4 Å². The molecule has 0 unspecified atom stereocenters. The van der Waals surface area contributed by atoms with E-state index in [0.29, 0.717) is 30.9 Å². The summed E-state index contributed by atoms with van der Waals surface area (Å²) in [5, 5.41) is 0. The number of pyridine rings is 1. The molecule has 0 atom stereocenters. The first-order chi connectivity index (χ1) is 13.2. The second-order valence-electron chi connectivity index (χ2n) is 6.91. The third kappa shape index (κ3) is 4.18. The monoisotopic (exact) mass is 365 g/mol. The van der Waals surface area contributed by atoms with Gasteiger partial charge >= 0.3 is 0 Å². The van der Waals surface area contributed by atoms with Crippen LogP contribution in [0.15, 0.2) is 42.6 Å². The number of carbonyl (C=O) groups excluding carboxylic acids is 2. The van der Waals surface area contributed by atoms with Crippen LogP contribution in [0.5, 0.6) is 0 Å². The summed E-state index contributed by atoms with van der Waals surface area (Å²) >= 11 is 0. The van der Waals surface area contributed by atoms with Gasteiger partial charge in [0.1, 0.15) is 5.69 Å². The van der Waals surface area contributed by atoms with E-state index < -0.39 is 0 Å². The first-order valence-corrected chi connectivity index (χ1v) is 9.80. The lowest BCUT2D eigenvalue weighted by molar-refractivity contribution is 0.0749. The van der Waals surface area contributed by atoms with Crippen LogP contribution in [-0.2, 0) is 6.42 Å². The standard InChI is InChI=1S/C22H27N3O2/c1-3-13-24(14-4-2)22(27)19-16-18(11-12-23-19)21(26)25-15-7-9-17-8-5-6-10-20(17)25/h5-6,8,10-12,16H,3-4,7,9,13-15H2,1-2H3. The Labute approximate surface area is 161 Å². The van der Waals surface area contributed by atoms with Crippen LogP contribution in [0.3, 0.4) is 0 Å². The smallest absolute Gasteiger partial charge is 0.272 e. The summed E-state index contributed by atoms with van der Waals surface area (Å²) in [4.78, 5) is 33.8. The van der Waals surface area contributed by atoms with Crippen molar-refractivity contribution in [3.05, 3.63) is 59.4 Å². The van der Waals surface area contributed by atoms with Crippen molar-refractivity contribution in [2.75, 3.05) is 24.5 Å². The van der Waals surface area contributed by atoms with Crippen LogP contribution in [0.1, 0.15) is 59.5 Å². The molecule has 5 nitrogen and oxygen atoms in total. The van der Waals surface area contributed by atoms with Gasteiger partial charge in [-0.1, -0.05) is 32.0 Å². The summed E-state index contributed by atoms with van der Waals surface area (Å²) in [6.07, 6.45) is 5.29. The summed E-state index contributed by atoms with van der Waals surface area (Å²) in [6.45, 7) is 6.20. The Morgan fingerprint density at radius 2 is 1.85 bits per heavy atom. The fourth-order valence-corrected chi connectivity index (χ4v) is 3.60. The molecule has 0 fully saturated rings. The van der Waals surface area contributed by atoms with Gasteiger partial charge in [0.15, 0.2) is 0 Å². The molecule has 0 spiro atoms. The van der Waals surface area contributed by atoms with Crippen molar-refractivity contribution < 1.29 is 9.59 Å². The third-order valence-corrected chi connectivity index (χ3v) is 4.86. The molecule has 3 rings (SSSR count). The number of para-hydroxylation sites is 1. The predicted molar refractivity (Wildman–Crippen MR) is 107 cm³/mol. The molecule has 1 aromatic carbocycles. The molecule has 5 heteroatoms. The number of nitrogens with zero attached hydrogens (tertiary/aromatic N) is 3. The van der Waals surface area contributed by atoms with Crippen molar-refractivity contribution in [3.63, 3.8) is 0 Å². The van der Waals surface area contributed by atoms with Crippen molar-refractivity contribution in [1.29, 1.82) is 0 Å². The van der Waals surface area contributed by atoms with E-state index >= 15 is 0 Å². The fourth-order valence-electron chi connectivity index (χ4n) is 3.60. The van der Waals surface area contributed by atoms with Gasteiger partial charge in [0.05, 0.1) is 0 Å². The quantitative estimate of drug-likeness (QED) is 0.779. The molecular weight excluding hydrogens is 338 g/mol. The molecule has 0 saturated carbocycles. The third-order valence-electron chi connectivity index (χ3n) is 4.86. The first kappa shape index (κ1) is 19.1. The van der Waals surface area contributed by atoms with Crippen LogP contribution in [0.25, 0.3) is 0 Å². The molecular formula is C22H27N3O2. The molecule has 2 heterocycles. The van der Waals surface area contributed by atoms with Gasteiger partial charge in [-0.2, -0.15) is 0 Å². The second kappa shape index (κ2) is 8.80. The van der Waals surface area contributed by atoms with Crippen molar-refractivity contribution in [2.24, 2.45) is 0 Å². The Bertz CT molecular complexity index is 813. The number of rotatable bonds is 6. The molecule has 0 radical (unpaired) electrons. The van der Waals surface area contributed by atoms with Crippen molar-refractivity contribution >= 4 is 17.5 Å². The van der Waals surface area contributed by atoms with Gasteiger partial charge in [-0.3, -0.25) is 14.6 Å². The normalized spacial score (nSPS) is 13.2. The zero-order chi connectivity index (χ0) is 19.2. The molecule has 2 amide bonds. The van der Waals surface area contributed by atoms with Crippen LogP contribution >= 0.6 is 0 Å². The number of aromatic nitrogens is 1. The average Bonchev–Trinajstić information content (AvgIpc) is 2.72. The lowest BCUT2D eigenvalue weighted by atomic mass is 10.0. The van der Waals surface area contributed by atoms with Crippen molar-refractivity contribution in [1.82, 2.24) is 9.88 Å². The Kier molecular flexibility index (Phi) is 6.22. The van der Waals surface area contributed by atoms with Crippen molar-refractivity contribution in [2.45, 2.75) is 39.5 Å². The number of amides is 2. The molecule has 142 valence electrons. The van der Waals surface area contributed by atoms with E-state index in [1.54, 1.807) is 18.3 Å². The van der Waals surface area contributed by atoms with Gasteiger partial charge in [-0.15, -0.1) is 0 Å². The number of benzene rings is 1. The van der Waals surface area contributed by atoms with E-state index in [9.17, 15) is 9.59 Å². The Balaban J connectivity index is 1.85. The predicted octanol–water partition coefficient (Wildman–Crippen LogP) is 3.94. The highest BCUT2D eigenvalue weighted by molar-refractivity contribution is 6.07. The SMILES string of the molecule is CCCN(CCC)C(=O)c1cc(C(=O)N2CCCc3ccccc32)ccn1. The minimum Gasteiger partial charge on any atom is -0.337 e. The lowest BCUT2D eigenvalue weighted by Crippen LogP contribution is -2.36. The van der Waals surface area contributed by atoms with Gasteiger partial charge in [0.25, 0.3) is 11.8 Å². The molecule has 1 aromatic heterocycles. The first-order valence-electron chi connectivity index (χ1n) is 9.80. The summed E-state index contributed by atoms with van der Waals surface area (Å²) in [5.74, 6) is -0.177. The maximum Gasteiger partial charge on any atom is 0.272 e. The number of carbonyl (C=O) groups is 2. The van der Waals surface area contributed by atoms with Crippen LogP contribution in [0.2, 0.25) is 0 Å². The largest absolute Gasteiger partial charge is 0.337 e. The molecule has 0 bridgehead atoms. The van der Waals surface area contributed by atoms with E-state index in [1.165, 1.54) is 5.56 Å². The average molecular weight is 365 g/mol. The van der Waals surface area contributed by atoms with Gasteiger partial charge in [0.2, 0.25) is 0 Å². The number of aryl methyl sites for hydroxylation is 1. The van der Waals surface area contributed by atoms with E-state index in [4.69, 9.17) is 0 Å². The van der Waals surface area contributed by atoms with Gasteiger partial charge < -0.3 is 9.80 Å². The Morgan fingerprint density at radius 1 is 1.11 bits per heavy atom. The Morgan fingerprint density at radius 3 is 2.59 bits per heavy atom. The highest BCUT2D eigenvalue weighted by atomic mass is 16.2. The summed E-state index contributed by atoms with van der Waals surface area (Å²) in [6, 6.07) is 11.4. The molecule has 0 aliphatic carbocycles. The number of hydrogen-bond donors (Lipinski definition) is 0. The van der Waals surface area contributed by atoms with Crippen LogP contribution in [-0.4, -0.2) is 41.3 Å². The van der Waals surface area contributed by atoms with Gasteiger partial charge in [-0.25, -0.2) is 0 Å². The minimum atomic E-state index is -0.104. The highest BCUT2D eigenvalue weighted by Gasteiger charge is 2.24. The highest BCUT2D eigenvalue weighted by Crippen LogP contribution is 2.28. The maximum atomic E-state index is 13.1. The van der Waals surface area contributed by atoms with Crippen LogP contribution in [0.4, 0.5) is 5.69 Å². The molecule has 0 saturated heterocycles. The number of fused-ring (bicyclic) bond motifs is 1. The summed E-state index contributed by atoms with van der Waals surface area (Å²) in [7, 11) is 0. The summed E-state index contributed by atoms with van der Waals surface area (Å²) in [5.41, 5.74) is 3.02. The minimum absolute atomic E-state index is 0.0730. The maximum absolute atomic E-state index is 13.1. The Hall–Kier alpha value is -2.69. The van der Waals surface area contributed by atoms with E-state index in [-0.39, 0.29) is 11.8 Å². The number of hydrogen-bond acceptors (Lipinski definition) is 3. The van der Waals surface area contributed by atoms with Gasteiger partial charge in [-0.05, 0) is 49.4 Å². The second-order valence-corrected chi connectivity index (χ2v) is 6.91. The zero-order valence-electron chi connectivity index (χ0n) is 16.1. The van der Waals surface area contributed by atoms with Crippen molar-refractivity contribution in [3.8, 4) is 0 Å². The summed E-state index contributed by atoms with van der Waals surface area (Å²) < 4.78 is 0. The van der Waals surface area contributed by atoms with Gasteiger partial charge in [0, 0.05) is 37.1 Å². The topological polar surface area (TPSA) is 53.5 Å². The molecule has 2 aromatic rings. The lowest BCUT2D eigenvalue weighted by Gasteiger charge is -2.29. The molecule has 27 heavy (non-hydrogen) atoms. The molecule has 0 N–H and O–H groups in total. The zero-order valence-corrected chi connectivity index (χ0v) is 16.1. The fraction of sp³-hybridized carbons (Fsp3) is 0.409. The van der Waals surface area contributed by atoms with Crippen LogP contribution < -0.4 is 4.90 Å². The molecule has 1 aliphatic heterocycles. The number of anilines is 1. The van der Waals surface area contributed by atoms with Crippen LogP contribution in [0, 0.1) is 0 Å².